The first-order valence-electron chi connectivity index (χ1n) is 9.84. The second kappa shape index (κ2) is 9.29. The maximum absolute atomic E-state index is 14.9. The van der Waals surface area contributed by atoms with Gasteiger partial charge in [-0.15, -0.1) is 0 Å². The molecule has 2 aliphatic heterocycles. The van der Waals surface area contributed by atoms with Crippen LogP contribution in [0.25, 0.3) is 0 Å². The number of hydrogen-bond acceptors (Lipinski definition) is 6. The molecular formula is C20H27FN4O5. The first-order chi connectivity index (χ1) is 14.3. The molecule has 2 fully saturated rings. The fourth-order valence-electron chi connectivity index (χ4n) is 3.75. The summed E-state index contributed by atoms with van der Waals surface area (Å²) in [5.74, 6) is -0.723. The van der Waals surface area contributed by atoms with Crippen LogP contribution in [0.15, 0.2) is 18.2 Å². The summed E-state index contributed by atoms with van der Waals surface area (Å²) >= 11 is 0. The van der Waals surface area contributed by atoms with Gasteiger partial charge in [-0.3, -0.25) is 14.5 Å². The number of rotatable bonds is 7. The summed E-state index contributed by atoms with van der Waals surface area (Å²) in [6.07, 6.45) is -1.06. The molecule has 3 atom stereocenters. The van der Waals surface area contributed by atoms with E-state index in [4.69, 9.17) is 9.47 Å². The molecule has 0 aliphatic carbocycles. The average molecular weight is 422 g/mol. The molecule has 10 heteroatoms. The van der Waals surface area contributed by atoms with Gasteiger partial charge in [-0.2, -0.15) is 0 Å². The van der Waals surface area contributed by atoms with E-state index in [1.165, 1.54) is 25.0 Å². The van der Waals surface area contributed by atoms with E-state index in [-0.39, 0.29) is 43.5 Å². The molecule has 164 valence electrons. The lowest BCUT2D eigenvalue weighted by Crippen LogP contribution is -2.41. The van der Waals surface area contributed by atoms with Crippen molar-refractivity contribution in [3.05, 3.63) is 24.0 Å². The zero-order chi connectivity index (χ0) is 21.8. The fraction of sp³-hybridized carbons (Fsp3) is 0.550. The molecule has 1 aromatic rings. The van der Waals surface area contributed by atoms with Gasteiger partial charge in [-0.05, 0) is 24.1 Å². The lowest BCUT2D eigenvalue weighted by atomic mass is 10.1. The molecule has 0 radical (unpaired) electrons. The molecule has 0 spiro atoms. The number of methoxy groups -OCH3 is 1. The van der Waals surface area contributed by atoms with Gasteiger partial charge in [0, 0.05) is 27.1 Å². The number of halogens is 1. The van der Waals surface area contributed by atoms with Gasteiger partial charge in [0.25, 0.3) is 0 Å². The Balaban J connectivity index is 1.65. The quantitative estimate of drug-likeness (QED) is 0.677. The van der Waals surface area contributed by atoms with Crippen LogP contribution in [0, 0.1) is 11.7 Å². The Morgan fingerprint density at radius 1 is 1.30 bits per heavy atom. The summed E-state index contributed by atoms with van der Waals surface area (Å²) in [5.41, 5.74) is 0.806. The van der Waals surface area contributed by atoms with Crippen LogP contribution in [-0.2, 0) is 19.1 Å². The molecule has 2 aliphatic rings. The van der Waals surface area contributed by atoms with Crippen molar-refractivity contribution in [2.75, 3.05) is 49.7 Å². The van der Waals surface area contributed by atoms with Crippen LogP contribution in [0.3, 0.4) is 0 Å². The number of amides is 3. The third-order valence-electron chi connectivity index (χ3n) is 5.27. The summed E-state index contributed by atoms with van der Waals surface area (Å²) in [6.45, 7) is 4.89. The maximum atomic E-state index is 14.9. The van der Waals surface area contributed by atoms with Crippen molar-refractivity contribution in [1.82, 2.24) is 10.6 Å². The van der Waals surface area contributed by atoms with E-state index in [1.807, 2.05) is 11.8 Å². The van der Waals surface area contributed by atoms with Crippen LogP contribution in [-0.4, -0.2) is 69.9 Å². The highest BCUT2D eigenvalue weighted by molar-refractivity contribution is 5.90. The first-order valence-corrected chi connectivity index (χ1v) is 9.84. The summed E-state index contributed by atoms with van der Waals surface area (Å²) < 4.78 is 24.9. The largest absolute Gasteiger partial charge is 0.442 e. The highest BCUT2D eigenvalue weighted by Gasteiger charge is 2.34. The van der Waals surface area contributed by atoms with Crippen molar-refractivity contribution in [2.24, 2.45) is 5.92 Å². The molecule has 0 saturated carbocycles. The van der Waals surface area contributed by atoms with Crippen LogP contribution < -0.4 is 20.4 Å². The van der Waals surface area contributed by atoms with E-state index in [0.717, 1.165) is 0 Å². The number of hydrogen-bond donors (Lipinski definition) is 2. The lowest BCUT2D eigenvalue weighted by Gasteiger charge is -2.21. The summed E-state index contributed by atoms with van der Waals surface area (Å²) in [5, 5.41) is 5.51. The van der Waals surface area contributed by atoms with E-state index in [0.29, 0.717) is 24.5 Å². The third kappa shape index (κ3) is 4.99. The standard InChI is InChI=1S/C20H27FN4O5/c1-12-8-24(10-17(12)23-19(27)11-29-3)18-5-4-14(6-16(18)21)25-9-15(30-20(25)28)7-22-13(2)26/h4-6,12,15,17H,7-11H2,1-3H3,(H,22,26)(H,23,27)/t12-,15+,17+/m1/s1. The van der Waals surface area contributed by atoms with Gasteiger partial charge in [-0.25, -0.2) is 9.18 Å². The van der Waals surface area contributed by atoms with Gasteiger partial charge in [0.15, 0.2) is 0 Å². The Morgan fingerprint density at radius 3 is 2.73 bits per heavy atom. The minimum absolute atomic E-state index is 0.0128. The van der Waals surface area contributed by atoms with Crippen molar-refractivity contribution in [2.45, 2.75) is 26.0 Å². The second-order valence-electron chi connectivity index (χ2n) is 7.68. The fourth-order valence-corrected chi connectivity index (χ4v) is 3.75. The Bertz CT molecular complexity index is 820. The normalized spacial score (nSPS) is 23.5. The molecule has 2 heterocycles. The Labute approximate surface area is 174 Å². The number of cyclic esters (lactones) is 1. The summed E-state index contributed by atoms with van der Waals surface area (Å²) in [4.78, 5) is 38.2. The van der Waals surface area contributed by atoms with Crippen LogP contribution in [0.2, 0.25) is 0 Å². The second-order valence-corrected chi connectivity index (χ2v) is 7.68. The van der Waals surface area contributed by atoms with E-state index in [9.17, 15) is 18.8 Å². The third-order valence-corrected chi connectivity index (χ3v) is 5.27. The average Bonchev–Trinajstić information content (AvgIpc) is 3.22. The zero-order valence-electron chi connectivity index (χ0n) is 17.3. The van der Waals surface area contributed by atoms with Gasteiger partial charge >= 0.3 is 6.09 Å². The number of benzene rings is 1. The molecular weight excluding hydrogens is 395 g/mol. The van der Waals surface area contributed by atoms with Gasteiger partial charge in [0.1, 0.15) is 18.5 Å². The molecule has 3 rings (SSSR count). The number of carbonyl (C=O) groups excluding carboxylic acids is 3. The lowest BCUT2D eigenvalue weighted by molar-refractivity contribution is -0.125. The van der Waals surface area contributed by atoms with Gasteiger partial charge in [0.2, 0.25) is 11.8 Å². The minimum Gasteiger partial charge on any atom is -0.442 e. The van der Waals surface area contributed by atoms with E-state index < -0.39 is 18.0 Å². The van der Waals surface area contributed by atoms with Crippen LogP contribution >= 0.6 is 0 Å². The zero-order valence-corrected chi connectivity index (χ0v) is 17.3. The smallest absolute Gasteiger partial charge is 0.414 e. The van der Waals surface area contributed by atoms with E-state index in [2.05, 4.69) is 10.6 Å². The highest BCUT2D eigenvalue weighted by Crippen LogP contribution is 2.31. The van der Waals surface area contributed by atoms with Gasteiger partial charge in [0.05, 0.1) is 30.5 Å². The first kappa shape index (κ1) is 21.8. The molecule has 30 heavy (non-hydrogen) atoms. The van der Waals surface area contributed by atoms with Crippen molar-refractivity contribution < 1.29 is 28.2 Å². The number of nitrogens with zero attached hydrogens (tertiary/aromatic N) is 2. The van der Waals surface area contributed by atoms with Crippen molar-refractivity contribution in [1.29, 1.82) is 0 Å². The summed E-state index contributed by atoms with van der Waals surface area (Å²) in [6, 6.07) is 4.50. The maximum Gasteiger partial charge on any atom is 0.414 e. The van der Waals surface area contributed by atoms with Crippen LogP contribution in [0.5, 0.6) is 0 Å². The van der Waals surface area contributed by atoms with Crippen LogP contribution in [0.4, 0.5) is 20.6 Å². The molecule has 0 unspecified atom stereocenters. The van der Waals surface area contributed by atoms with Gasteiger partial charge in [-0.1, -0.05) is 6.92 Å². The molecule has 0 aromatic heterocycles. The Kier molecular flexibility index (Phi) is 6.76. The van der Waals surface area contributed by atoms with E-state index in [1.54, 1.807) is 12.1 Å². The van der Waals surface area contributed by atoms with Crippen molar-refractivity contribution in [3.8, 4) is 0 Å². The summed E-state index contributed by atoms with van der Waals surface area (Å²) in [7, 11) is 1.46. The topological polar surface area (TPSA) is 100 Å². The predicted molar refractivity (Wildman–Crippen MR) is 108 cm³/mol. The Morgan fingerprint density at radius 2 is 2.07 bits per heavy atom. The number of ether oxygens (including phenoxy) is 2. The number of nitrogens with one attached hydrogen (secondary N) is 2. The molecule has 1 aromatic carbocycles. The number of anilines is 2. The van der Waals surface area contributed by atoms with Crippen molar-refractivity contribution >= 4 is 29.3 Å². The van der Waals surface area contributed by atoms with E-state index >= 15 is 0 Å². The molecule has 3 amide bonds. The van der Waals surface area contributed by atoms with Crippen LogP contribution in [0.1, 0.15) is 13.8 Å². The molecule has 9 nitrogen and oxygen atoms in total. The monoisotopic (exact) mass is 422 g/mol. The molecule has 0 bridgehead atoms. The SMILES string of the molecule is COCC(=O)N[C@H]1CN(c2ccc(N3C[C@H](CNC(C)=O)OC3=O)cc2F)C[C@H]1C. The molecule has 2 saturated heterocycles. The minimum atomic E-state index is -0.576. The number of carbonyl (C=O) groups is 3. The molecule has 2 N–H and O–H groups in total. The van der Waals surface area contributed by atoms with Crippen molar-refractivity contribution in [3.63, 3.8) is 0 Å². The highest BCUT2D eigenvalue weighted by atomic mass is 19.1. The Hall–Kier alpha value is -2.88. The van der Waals surface area contributed by atoms with Gasteiger partial charge < -0.3 is 25.0 Å². The predicted octanol–water partition coefficient (Wildman–Crippen LogP) is 0.874.